The van der Waals surface area contributed by atoms with Crippen LogP contribution in [0.5, 0.6) is 5.75 Å². The van der Waals surface area contributed by atoms with E-state index in [2.05, 4.69) is 11.4 Å². The number of carbonyl (C=O) groups is 1. The third-order valence-electron chi connectivity index (χ3n) is 4.19. The summed E-state index contributed by atoms with van der Waals surface area (Å²) in [5.41, 5.74) is 0.840. The molecule has 2 aliphatic heterocycles. The number of nitrogens with zero attached hydrogens (tertiary/aromatic N) is 1. The first-order valence-electron chi connectivity index (χ1n) is 8.36. The van der Waals surface area contributed by atoms with Crippen LogP contribution < -0.4 is 10.1 Å². The lowest BCUT2D eigenvalue weighted by Crippen LogP contribution is -2.41. The maximum atomic E-state index is 12.1. The Bertz CT molecular complexity index is 543. The fraction of sp³-hybridized carbons (Fsp3) is 0.611. The molecule has 3 rings (SSSR count). The normalized spacial score (nSPS) is 23.5. The Morgan fingerprint density at radius 3 is 2.91 bits per heavy atom. The van der Waals surface area contributed by atoms with Gasteiger partial charge in [0.05, 0.1) is 0 Å². The second-order valence-corrected chi connectivity index (χ2v) is 7.37. The minimum absolute atomic E-state index is 0.183. The largest absolute Gasteiger partial charge is 0.488 e. The molecular weight excluding hydrogens is 292 g/mol. The van der Waals surface area contributed by atoms with E-state index in [4.69, 9.17) is 9.47 Å². The molecule has 2 unspecified atom stereocenters. The highest BCUT2D eigenvalue weighted by molar-refractivity contribution is 5.68. The van der Waals surface area contributed by atoms with Crippen molar-refractivity contribution in [2.24, 2.45) is 0 Å². The molecular formula is C18H26N2O3. The molecule has 0 bridgehead atoms. The molecule has 0 radical (unpaired) electrons. The molecule has 5 nitrogen and oxygen atoms in total. The van der Waals surface area contributed by atoms with Crippen molar-refractivity contribution in [3.05, 3.63) is 29.8 Å². The van der Waals surface area contributed by atoms with E-state index < -0.39 is 5.60 Å². The predicted octanol–water partition coefficient (Wildman–Crippen LogP) is 2.59. The zero-order valence-corrected chi connectivity index (χ0v) is 14.2. The van der Waals surface area contributed by atoms with Crippen molar-refractivity contribution in [2.75, 3.05) is 19.6 Å². The third-order valence-corrected chi connectivity index (χ3v) is 4.19. The quantitative estimate of drug-likeness (QED) is 0.931. The van der Waals surface area contributed by atoms with Gasteiger partial charge in [0.25, 0.3) is 0 Å². The van der Waals surface area contributed by atoms with Crippen LogP contribution in [0.2, 0.25) is 0 Å². The fourth-order valence-electron chi connectivity index (χ4n) is 3.09. The number of para-hydroxylation sites is 1. The molecule has 0 aliphatic carbocycles. The van der Waals surface area contributed by atoms with Gasteiger partial charge in [0.15, 0.2) is 0 Å². The molecule has 0 aromatic heterocycles. The molecule has 2 heterocycles. The number of carbonyl (C=O) groups excluding carboxylic acids is 1. The van der Waals surface area contributed by atoms with E-state index in [-0.39, 0.29) is 12.2 Å². The van der Waals surface area contributed by atoms with Gasteiger partial charge in [0.1, 0.15) is 17.5 Å². The van der Waals surface area contributed by atoms with Crippen molar-refractivity contribution in [3.63, 3.8) is 0 Å². The molecule has 2 atom stereocenters. The molecule has 1 amide bonds. The van der Waals surface area contributed by atoms with Gasteiger partial charge in [0.2, 0.25) is 0 Å². The Balaban J connectivity index is 1.42. The molecule has 126 valence electrons. The lowest BCUT2D eigenvalue weighted by Gasteiger charge is -2.24. The van der Waals surface area contributed by atoms with Crippen LogP contribution in [0.1, 0.15) is 32.8 Å². The number of nitrogens with one attached hydrogen (secondary N) is 1. The highest BCUT2D eigenvalue weighted by atomic mass is 16.6. The lowest BCUT2D eigenvalue weighted by atomic mass is 10.1. The molecule has 1 N–H and O–H groups in total. The molecule has 1 fully saturated rings. The van der Waals surface area contributed by atoms with E-state index in [1.807, 2.05) is 39.0 Å². The van der Waals surface area contributed by atoms with E-state index in [1.54, 1.807) is 4.90 Å². The van der Waals surface area contributed by atoms with Gasteiger partial charge in [-0.05, 0) is 38.8 Å². The number of hydrogen-bond acceptors (Lipinski definition) is 4. The van der Waals surface area contributed by atoms with Crippen molar-refractivity contribution in [1.82, 2.24) is 10.2 Å². The maximum absolute atomic E-state index is 12.1. The minimum atomic E-state index is -0.438. The Morgan fingerprint density at radius 1 is 1.39 bits per heavy atom. The lowest BCUT2D eigenvalue weighted by molar-refractivity contribution is 0.0290. The second-order valence-electron chi connectivity index (χ2n) is 7.37. The first-order chi connectivity index (χ1) is 10.9. The summed E-state index contributed by atoms with van der Waals surface area (Å²) in [6, 6.07) is 8.51. The molecule has 2 aliphatic rings. The first kappa shape index (κ1) is 16.1. The number of fused-ring (bicyclic) bond motifs is 1. The third kappa shape index (κ3) is 4.16. The number of amides is 1. The van der Waals surface area contributed by atoms with Crippen molar-refractivity contribution >= 4 is 6.09 Å². The average Bonchev–Trinajstić information content (AvgIpc) is 3.09. The van der Waals surface area contributed by atoms with Crippen LogP contribution in [0.15, 0.2) is 24.3 Å². The van der Waals surface area contributed by atoms with E-state index in [0.29, 0.717) is 12.6 Å². The van der Waals surface area contributed by atoms with Crippen molar-refractivity contribution in [1.29, 1.82) is 0 Å². The van der Waals surface area contributed by atoms with Crippen LogP contribution >= 0.6 is 0 Å². The standard InChI is InChI=1S/C18H26N2O3/c1-18(2,3)23-17(21)20-9-8-14(12-20)19-11-15-10-13-6-4-5-7-16(13)22-15/h4-7,14-15,19H,8-12H2,1-3H3. The smallest absolute Gasteiger partial charge is 0.410 e. The van der Waals surface area contributed by atoms with E-state index >= 15 is 0 Å². The Morgan fingerprint density at radius 2 is 2.17 bits per heavy atom. The molecule has 5 heteroatoms. The van der Waals surface area contributed by atoms with Gasteiger partial charge in [-0.25, -0.2) is 4.79 Å². The summed E-state index contributed by atoms with van der Waals surface area (Å²) in [6.07, 6.45) is 1.87. The number of hydrogen-bond donors (Lipinski definition) is 1. The molecule has 0 saturated carbocycles. The Labute approximate surface area is 137 Å². The first-order valence-corrected chi connectivity index (χ1v) is 8.36. The van der Waals surface area contributed by atoms with Crippen LogP contribution in [-0.4, -0.2) is 48.4 Å². The fourth-order valence-corrected chi connectivity index (χ4v) is 3.09. The number of rotatable bonds is 3. The van der Waals surface area contributed by atoms with Crippen LogP contribution in [0.4, 0.5) is 4.79 Å². The molecule has 23 heavy (non-hydrogen) atoms. The second kappa shape index (κ2) is 6.40. The number of likely N-dealkylation sites (tertiary alicyclic amines) is 1. The summed E-state index contributed by atoms with van der Waals surface area (Å²) >= 11 is 0. The topological polar surface area (TPSA) is 50.8 Å². The summed E-state index contributed by atoms with van der Waals surface area (Å²) in [4.78, 5) is 13.9. The van der Waals surface area contributed by atoms with Crippen LogP contribution in [0, 0.1) is 0 Å². The van der Waals surface area contributed by atoms with Gasteiger partial charge < -0.3 is 19.7 Å². The van der Waals surface area contributed by atoms with Gasteiger partial charge in [-0.3, -0.25) is 0 Å². The number of ether oxygens (including phenoxy) is 2. The predicted molar refractivity (Wildman–Crippen MR) is 88.8 cm³/mol. The van der Waals surface area contributed by atoms with Crippen LogP contribution in [-0.2, 0) is 11.2 Å². The summed E-state index contributed by atoms with van der Waals surface area (Å²) in [5.74, 6) is 1.00. The van der Waals surface area contributed by atoms with Crippen LogP contribution in [0.3, 0.4) is 0 Å². The summed E-state index contributed by atoms with van der Waals surface area (Å²) < 4.78 is 11.4. The van der Waals surface area contributed by atoms with E-state index in [1.165, 1.54) is 5.56 Å². The Kier molecular flexibility index (Phi) is 4.48. The van der Waals surface area contributed by atoms with Gasteiger partial charge in [-0.2, -0.15) is 0 Å². The summed E-state index contributed by atoms with van der Waals surface area (Å²) in [7, 11) is 0. The molecule has 1 aromatic carbocycles. The highest BCUT2D eigenvalue weighted by Crippen LogP contribution is 2.28. The van der Waals surface area contributed by atoms with Gasteiger partial charge in [-0.15, -0.1) is 0 Å². The molecule has 0 spiro atoms. The zero-order chi connectivity index (χ0) is 16.4. The Hall–Kier alpha value is -1.75. The zero-order valence-electron chi connectivity index (χ0n) is 14.2. The van der Waals surface area contributed by atoms with Gasteiger partial charge in [0, 0.05) is 32.1 Å². The van der Waals surface area contributed by atoms with E-state index in [9.17, 15) is 4.79 Å². The maximum Gasteiger partial charge on any atom is 0.410 e. The monoisotopic (exact) mass is 318 g/mol. The highest BCUT2D eigenvalue weighted by Gasteiger charge is 2.30. The van der Waals surface area contributed by atoms with Gasteiger partial charge >= 0.3 is 6.09 Å². The molecule has 1 aromatic rings. The summed E-state index contributed by atoms with van der Waals surface area (Å²) in [6.45, 7) is 7.94. The van der Waals surface area contributed by atoms with Crippen molar-refractivity contribution in [3.8, 4) is 5.75 Å². The van der Waals surface area contributed by atoms with Gasteiger partial charge in [-0.1, -0.05) is 18.2 Å². The van der Waals surface area contributed by atoms with Crippen molar-refractivity contribution in [2.45, 2.75) is 51.4 Å². The summed E-state index contributed by atoms with van der Waals surface area (Å²) in [5, 5.41) is 3.53. The van der Waals surface area contributed by atoms with Crippen LogP contribution in [0.25, 0.3) is 0 Å². The SMILES string of the molecule is CC(C)(C)OC(=O)N1CCC(NCC2Cc3ccccc3O2)C1. The number of benzene rings is 1. The minimum Gasteiger partial charge on any atom is -0.488 e. The van der Waals surface area contributed by atoms with Crippen molar-refractivity contribution < 1.29 is 14.3 Å². The molecule has 1 saturated heterocycles. The van der Waals surface area contributed by atoms with E-state index in [0.717, 1.165) is 31.7 Å². The average molecular weight is 318 g/mol.